The van der Waals surface area contributed by atoms with E-state index in [0.717, 1.165) is 22.4 Å². The standard InChI is InChI=1S/C14H14N4O2S/c15-7-3-1-6-2-4-8-10(12(16)19)13(18-14(17)20)21-11(8)9(6)5-7/h1,3,5H,2,4,15H2,(H2,16,19)(H3,17,18,20). The van der Waals surface area contributed by atoms with E-state index in [-0.39, 0.29) is 0 Å². The molecule has 3 rings (SSSR count). The third-order valence-electron chi connectivity index (χ3n) is 3.51. The largest absolute Gasteiger partial charge is 0.399 e. The van der Waals surface area contributed by atoms with E-state index < -0.39 is 11.9 Å². The molecule has 0 spiro atoms. The quantitative estimate of drug-likeness (QED) is 0.631. The normalized spacial score (nSPS) is 12.4. The summed E-state index contributed by atoms with van der Waals surface area (Å²) in [5, 5.41) is 2.88. The molecule has 6 nitrogen and oxygen atoms in total. The molecule has 21 heavy (non-hydrogen) atoms. The van der Waals surface area contributed by atoms with Crippen LogP contribution in [0.5, 0.6) is 0 Å². The monoisotopic (exact) mass is 302 g/mol. The molecule has 1 aromatic carbocycles. The van der Waals surface area contributed by atoms with E-state index in [2.05, 4.69) is 5.32 Å². The second kappa shape index (κ2) is 4.78. The number of anilines is 2. The van der Waals surface area contributed by atoms with Crippen LogP contribution in [-0.4, -0.2) is 11.9 Å². The topological polar surface area (TPSA) is 124 Å². The molecule has 0 bridgehead atoms. The average molecular weight is 302 g/mol. The number of nitrogens with one attached hydrogen (secondary N) is 1. The number of hydrogen-bond donors (Lipinski definition) is 4. The van der Waals surface area contributed by atoms with E-state index in [1.54, 1.807) is 0 Å². The van der Waals surface area contributed by atoms with Gasteiger partial charge in [-0.15, -0.1) is 11.3 Å². The van der Waals surface area contributed by atoms with E-state index in [1.807, 2.05) is 18.2 Å². The molecule has 1 aliphatic rings. The van der Waals surface area contributed by atoms with Crippen LogP contribution in [0.2, 0.25) is 0 Å². The van der Waals surface area contributed by atoms with Crippen molar-refractivity contribution in [2.24, 2.45) is 11.5 Å². The molecule has 7 N–H and O–H groups in total. The SMILES string of the molecule is NC(=O)Nc1sc2c(c1C(N)=O)CCc1ccc(N)cc1-2. The van der Waals surface area contributed by atoms with Gasteiger partial charge in [-0.2, -0.15) is 0 Å². The maximum atomic E-state index is 11.7. The van der Waals surface area contributed by atoms with Gasteiger partial charge in [-0.25, -0.2) is 4.79 Å². The van der Waals surface area contributed by atoms with Crippen molar-refractivity contribution in [3.8, 4) is 10.4 Å². The highest BCUT2D eigenvalue weighted by Crippen LogP contribution is 2.45. The van der Waals surface area contributed by atoms with Gasteiger partial charge in [-0.1, -0.05) is 6.07 Å². The molecule has 1 heterocycles. The van der Waals surface area contributed by atoms with Crippen LogP contribution in [0.1, 0.15) is 21.5 Å². The number of carbonyl (C=O) groups excluding carboxylic acids is 2. The van der Waals surface area contributed by atoms with Crippen molar-refractivity contribution in [1.29, 1.82) is 0 Å². The third-order valence-corrected chi connectivity index (χ3v) is 4.69. The number of hydrogen-bond acceptors (Lipinski definition) is 4. The first kappa shape index (κ1) is 13.4. The summed E-state index contributed by atoms with van der Waals surface area (Å²) in [4.78, 5) is 23.7. The molecule has 0 radical (unpaired) electrons. The van der Waals surface area contributed by atoms with Crippen LogP contribution in [0.15, 0.2) is 18.2 Å². The maximum Gasteiger partial charge on any atom is 0.317 e. The zero-order valence-electron chi connectivity index (χ0n) is 11.1. The fourth-order valence-electron chi connectivity index (χ4n) is 2.66. The number of fused-ring (bicyclic) bond motifs is 3. The van der Waals surface area contributed by atoms with Crippen LogP contribution in [0.25, 0.3) is 10.4 Å². The van der Waals surface area contributed by atoms with Crippen LogP contribution in [0.4, 0.5) is 15.5 Å². The van der Waals surface area contributed by atoms with Gasteiger partial charge in [0.15, 0.2) is 0 Å². The fraction of sp³-hybridized carbons (Fsp3) is 0.143. The van der Waals surface area contributed by atoms with Crippen LogP contribution in [0.3, 0.4) is 0 Å². The molecule has 0 saturated heterocycles. The lowest BCUT2D eigenvalue weighted by Gasteiger charge is -2.17. The van der Waals surface area contributed by atoms with Gasteiger partial charge in [0.1, 0.15) is 5.00 Å². The summed E-state index contributed by atoms with van der Waals surface area (Å²) in [7, 11) is 0. The Morgan fingerprint density at radius 3 is 2.62 bits per heavy atom. The van der Waals surface area contributed by atoms with Gasteiger partial charge >= 0.3 is 6.03 Å². The summed E-state index contributed by atoms with van der Waals surface area (Å²) < 4.78 is 0. The third kappa shape index (κ3) is 2.21. The Balaban J connectivity index is 2.23. The number of urea groups is 1. The summed E-state index contributed by atoms with van der Waals surface area (Å²) in [6.07, 6.45) is 1.50. The maximum absolute atomic E-state index is 11.7. The van der Waals surface area contributed by atoms with Gasteiger partial charge < -0.3 is 17.2 Å². The van der Waals surface area contributed by atoms with Crippen molar-refractivity contribution in [2.45, 2.75) is 12.8 Å². The summed E-state index contributed by atoms with van der Waals surface area (Å²) in [6, 6.07) is 5.00. The Morgan fingerprint density at radius 2 is 1.95 bits per heavy atom. The van der Waals surface area contributed by atoms with Crippen molar-refractivity contribution in [2.75, 3.05) is 11.1 Å². The minimum atomic E-state index is -0.719. The molecule has 1 aromatic heterocycles. The predicted octanol–water partition coefficient (Wildman–Crippen LogP) is 1.69. The Hall–Kier alpha value is -2.54. The number of aryl methyl sites for hydroxylation is 1. The molecule has 2 aromatic rings. The van der Waals surface area contributed by atoms with Crippen LogP contribution in [0, 0.1) is 0 Å². The molecular weight excluding hydrogens is 288 g/mol. The number of primary amides is 2. The van der Waals surface area contributed by atoms with Crippen LogP contribution in [-0.2, 0) is 12.8 Å². The molecule has 7 heteroatoms. The molecule has 0 unspecified atom stereocenters. The van der Waals surface area contributed by atoms with E-state index in [9.17, 15) is 9.59 Å². The van der Waals surface area contributed by atoms with Crippen molar-refractivity contribution < 1.29 is 9.59 Å². The number of nitrogens with two attached hydrogens (primary N) is 3. The number of carbonyl (C=O) groups is 2. The second-order valence-electron chi connectivity index (χ2n) is 4.88. The lowest BCUT2D eigenvalue weighted by Crippen LogP contribution is -2.22. The van der Waals surface area contributed by atoms with Gasteiger partial charge in [-0.3, -0.25) is 10.1 Å². The molecule has 0 fully saturated rings. The number of nitrogen functional groups attached to an aromatic ring is 1. The minimum absolute atomic E-state index is 0.349. The fourth-order valence-corrected chi connectivity index (χ4v) is 3.97. The first-order chi connectivity index (χ1) is 9.97. The summed E-state index contributed by atoms with van der Waals surface area (Å²) >= 11 is 1.30. The summed E-state index contributed by atoms with van der Waals surface area (Å²) in [6.45, 7) is 0. The number of rotatable bonds is 2. The highest BCUT2D eigenvalue weighted by atomic mass is 32.1. The highest BCUT2D eigenvalue weighted by molar-refractivity contribution is 7.20. The minimum Gasteiger partial charge on any atom is -0.399 e. The number of amides is 3. The zero-order chi connectivity index (χ0) is 15.1. The van der Waals surface area contributed by atoms with Gasteiger partial charge in [-0.05, 0) is 41.7 Å². The summed E-state index contributed by atoms with van der Waals surface area (Å²) in [5.41, 5.74) is 20.5. The molecule has 108 valence electrons. The number of thiophene rings is 1. The molecule has 3 amide bonds. The lowest BCUT2D eigenvalue weighted by molar-refractivity contribution is 0.100. The predicted molar refractivity (Wildman–Crippen MR) is 83.3 cm³/mol. The molecular formula is C14H14N4O2S. The van der Waals surface area contributed by atoms with Gasteiger partial charge in [0.2, 0.25) is 0 Å². The zero-order valence-corrected chi connectivity index (χ0v) is 11.9. The Labute approximate surface area is 124 Å². The number of benzene rings is 1. The van der Waals surface area contributed by atoms with Gasteiger partial charge in [0, 0.05) is 10.6 Å². The van der Waals surface area contributed by atoms with Crippen LogP contribution >= 0.6 is 11.3 Å². The highest BCUT2D eigenvalue weighted by Gasteiger charge is 2.27. The Morgan fingerprint density at radius 1 is 1.19 bits per heavy atom. The first-order valence-electron chi connectivity index (χ1n) is 6.38. The van der Waals surface area contributed by atoms with Crippen molar-refractivity contribution >= 4 is 34.0 Å². The van der Waals surface area contributed by atoms with Crippen molar-refractivity contribution in [3.63, 3.8) is 0 Å². The van der Waals surface area contributed by atoms with E-state index in [1.165, 1.54) is 16.9 Å². The van der Waals surface area contributed by atoms with Crippen molar-refractivity contribution in [1.82, 2.24) is 0 Å². The molecule has 0 atom stereocenters. The molecule has 0 aliphatic heterocycles. The smallest absolute Gasteiger partial charge is 0.317 e. The summed E-state index contributed by atoms with van der Waals surface area (Å²) in [5.74, 6) is -0.566. The Bertz CT molecular complexity index is 767. The van der Waals surface area contributed by atoms with E-state index in [0.29, 0.717) is 22.7 Å². The van der Waals surface area contributed by atoms with E-state index >= 15 is 0 Å². The molecule has 1 aliphatic carbocycles. The molecule has 0 saturated carbocycles. The lowest BCUT2D eigenvalue weighted by atomic mass is 9.89. The van der Waals surface area contributed by atoms with Crippen molar-refractivity contribution in [3.05, 3.63) is 34.9 Å². The van der Waals surface area contributed by atoms with Gasteiger partial charge in [0.05, 0.1) is 5.56 Å². The van der Waals surface area contributed by atoms with Gasteiger partial charge in [0.25, 0.3) is 5.91 Å². The second-order valence-corrected chi connectivity index (χ2v) is 5.90. The average Bonchev–Trinajstić information content (AvgIpc) is 2.76. The van der Waals surface area contributed by atoms with Crippen LogP contribution < -0.4 is 22.5 Å². The van der Waals surface area contributed by atoms with E-state index in [4.69, 9.17) is 17.2 Å². The first-order valence-corrected chi connectivity index (χ1v) is 7.19. The Kier molecular flexibility index (Phi) is 3.06.